The van der Waals surface area contributed by atoms with Crippen LogP contribution in [-0.4, -0.2) is 32.1 Å². The van der Waals surface area contributed by atoms with Gasteiger partial charge in [-0.25, -0.2) is 8.78 Å². The molecule has 2 heterocycles. The van der Waals surface area contributed by atoms with Crippen molar-refractivity contribution in [1.82, 2.24) is 20.1 Å². The second kappa shape index (κ2) is 8.60. The molecule has 2 aromatic carbocycles. The molecule has 2 saturated carbocycles. The third-order valence-corrected chi connectivity index (χ3v) is 8.71. The van der Waals surface area contributed by atoms with Crippen LogP contribution in [0.25, 0.3) is 0 Å². The molecule has 0 radical (unpaired) electrons. The molecule has 1 aromatic heterocycles. The predicted molar refractivity (Wildman–Crippen MR) is 138 cm³/mol. The number of halogens is 3. The molecule has 3 aliphatic rings. The Kier molecular flexibility index (Phi) is 5.69. The summed E-state index contributed by atoms with van der Waals surface area (Å²) in [7, 11) is 1.80. The number of carbonyl (C=O) groups is 1. The molecule has 6 rings (SSSR count). The summed E-state index contributed by atoms with van der Waals surface area (Å²) >= 11 is 6.40. The minimum absolute atomic E-state index is 0.116. The first kappa shape index (κ1) is 24.5. The van der Waals surface area contributed by atoms with Gasteiger partial charge in [0.25, 0.3) is 5.91 Å². The van der Waals surface area contributed by atoms with Crippen molar-refractivity contribution in [2.75, 3.05) is 4.90 Å². The Hall–Kier alpha value is -2.84. The smallest absolute Gasteiger partial charge is 0.258 e. The van der Waals surface area contributed by atoms with Crippen LogP contribution in [-0.2, 0) is 32.0 Å². The number of nitrogens with one attached hydrogen (secondary N) is 1. The summed E-state index contributed by atoms with van der Waals surface area (Å²) < 4.78 is 30.6. The molecule has 1 N–H and O–H groups in total. The van der Waals surface area contributed by atoms with Crippen molar-refractivity contribution in [2.45, 2.75) is 75.4 Å². The molecule has 0 bridgehead atoms. The van der Waals surface area contributed by atoms with Crippen LogP contribution < -0.4 is 10.2 Å². The van der Waals surface area contributed by atoms with Gasteiger partial charge in [0.1, 0.15) is 12.2 Å². The maximum absolute atomic E-state index is 14.4. The van der Waals surface area contributed by atoms with Gasteiger partial charge in [0.15, 0.2) is 0 Å². The molecule has 1 aliphatic heterocycles. The van der Waals surface area contributed by atoms with Crippen LogP contribution in [0.2, 0.25) is 5.02 Å². The maximum atomic E-state index is 14.4. The largest absolute Gasteiger partial charge is 0.321 e. The Morgan fingerprint density at radius 1 is 1.14 bits per heavy atom. The molecule has 0 spiro atoms. The Labute approximate surface area is 220 Å². The van der Waals surface area contributed by atoms with Crippen LogP contribution >= 0.6 is 11.6 Å². The van der Waals surface area contributed by atoms with E-state index in [1.54, 1.807) is 41.0 Å². The summed E-state index contributed by atoms with van der Waals surface area (Å²) in [6.45, 7) is 3.34. The van der Waals surface area contributed by atoms with Gasteiger partial charge in [-0.05, 0) is 67.1 Å². The number of alkyl halides is 2. The quantitative estimate of drug-likeness (QED) is 0.438. The van der Waals surface area contributed by atoms with Crippen LogP contribution in [0.1, 0.15) is 71.9 Å². The van der Waals surface area contributed by atoms with Crippen molar-refractivity contribution in [2.24, 2.45) is 7.05 Å². The van der Waals surface area contributed by atoms with Crippen LogP contribution in [0.4, 0.5) is 14.5 Å². The van der Waals surface area contributed by atoms with Crippen molar-refractivity contribution in [3.05, 3.63) is 75.8 Å². The monoisotopic (exact) mass is 525 g/mol. The molecule has 6 nitrogen and oxygen atoms in total. The molecular weight excluding hydrogens is 496 g/mol. The van der Waals surface area contributed by atoms with Crippen LogP contribution in [0.3, 0.4) is 0 Å². The van der Waals surface area contributed by atoms with Gasteiger partial charge >= 0.3 is 0 Å². The molecule has 2 aliphatic carbocycles. The number of nitrogens with zero attached hydrogens (tertiary/aromatic N) is 4. The van der Waals surface area contributed by atoms with E-state index in [0.29, 0.717) is 40.8 Å². The van der Waals surface area contributed by atoms with E-state index < -0.39 is 11.3 Å². The van der Waals surface area contributed by atoms with Gasteiger partial charge in [0.2, 0.25) is 5.92 Å². The highest BCUT2D eigenvalue weighted by molar-refractivity contribution is 6.30. The van der Waals surface area contributed by atoms with Gasteiger partial charge in [-0.15, -0.1) is 10.2 Å². The molecule has 9 heteroatoms. The number of rotatable bonds is 7. The highest BCUT2D eigenvalue weighted by Crippen LogP contribution is 2.57. The Morgan fingerprint density at radius 2 is 1.92 bits per heavy atom. The first-order valence-electron chi connectivity index (χ1n) is 12.8. The normalized spacial score (nSPS) is 20.9. The van der Waals surface area contributed by atoms with E-state index in [1.807, 2.05) is 12.1 Å². The molecule has 3 aromatic rings. The minimum atomic E-state index is -2.78. The zero-order chi connectivity index (χ0) is 26.0. The van der Waals surface area contributed by atoms with Crippen LogP contribution in [0.15, 0.2) is 42.7 Å². The zero-order valence-corrected chi connectivity index (χ0v) is 21.8. The first-order valence-corrected chi connectivity index (χ1v) is 13.1. The van der Waals surface area contributed by atoms with Crippen LogP contribution in [0.5, 0.6) is 0 Å². The third-order valence-electron chi connectivity index (χ3n) is 8.47. The van der Waals surface area contributed by atoms with E-state index >= 15 is 0 Å². The fraction of sp³-hybridized carbons (Fsp3) is 0.464. The summed E-state index contributed by atoms with van der Waals surface area (Å²) in [5, 5.41) is 12.2. The number of carbonyl (C=O) groups excluding carboxylic acids is 1. The van der Waals surface area contributed by atoms with Gasteiger partial charge in [0, 0.05) is 60.1 Å². The third kappa shape index (κ3) is 4.34. The number of fused-ring (bicyclic) bond motifs is 1. The summed E-state index contributed by atoms with van der Waals surface area (Å²) in [4.78, 5) is 15.4. The number of aryl methyl sites for hydroxylation is 1. The summed E-state index contributed by atoms with van der Waals surface area (Å²) in [5.41, 5.74) is 3.24. The van der Waals surface area contributed by atoms with Gasteiger partial charge in [-0.3, -0.25) is 4.79 Å². The lowest BCUT2D eigenvalue weighted by molar-refractivity contribution is -0.127. The molecule has 0 atom stereocenters. The standard InChI is InChI=1S/C28H30ClF2N5O/c1-26(8-3-9-26)32-13-18-4-5-19-14-36(25(37)21(19)10-18)23-7-6-20(29)11-22(23)27(15-28(30,31)16-27)12-24-34-33-17-35(24)2/h4-7,10-11,17,32H,3,8-9,12-16H2,1-2H3. The second-order valence-corrected chi connectivity index (χ2v) is 11.8. The molecule has 0 saturated heterocycles. The van der Waals surface area contributed by atoms with Gasteiger partial charge < -0.3 is 14.8 Å². The SMILES string of the molecule is Cn1cnnc1CC1(c2cc(Cl)ccc2N2Cc3ccc(CNC4(C)CCC4)cc3C2=O)CC(F)(F)C1. The molecule has 2 fully saturated rings. The average molecular weight is 526 g/mol. The van der Waals surface area contributed by atoms with Gasteiger partial charge in [0.05, 0.1) is 6.54 Å². The van der Waals surface area contributed by atoms with Crippen molar-refractivity contribution in [3.8, 4) is 0 Å². The molecular formula is C28H30ClF2N5O. The van der Waals surface area contributed by atoms with E-state index in [4.69, 9.17) is 11.6 Å². The average Bonchev–Trinajstić information content (AvgIpc) is 3.37. The molecule has 1 amide bonds. The topological polar surface area (TPSA) is 63.1 Å². The number of anilines is 1. The van der Waals surface area contributed by atoms with E-state index in [-0.39, 0.29) is 30.7 Å². The van der Waals surface area contributed by atoms with E-state index in [1.165, 1.54) is 19.3 Å². The Morgan fingerprint density at radius 3 is 2.57 bits per heavy atom. The summed E-state index contributed by atoms with van der Waals surface area (Å²) in [5.74, 6) is -2.28. The maximum Gasteiger partial charge on any atom is 0.258 e. The Bertz CT molecular complexity index is 1370. The fourth-order valence-electron chi connectivity index (χ4n) is 6.14. The molecule has 194 valence electrons. The van der Waals surface area contributed by atoms with Gasteiger partial charge in [-0.1, -0.05) is 23.7 Å². The summed E-state index contributed by atoms with van der Waals surface area (Å²) in [6.07, 6.45) is 4.77. The first-order chi connectivity index (χ1) is 17.6. The second-order valence-electron chi connectivity index (χ2n) is 11.3. The lowest BCUT2D eigenvalue weighted by Crippen LogP contribution is -2.51. The summed E-state index contributed by atoms with van der Waals surface area (Å²) in [6, 6.07) is 11.3. The number of amides is 1. The van der Waals surface area contributed by atoms with Crippen LogP contribution in [0, 0.1) is 0 Å². The van der Waals surface area contributed by atoms with Crippen molar-refractivity contribution in [3.63, 3.8) is 0 Å². The lowest BCUT2D eigenvalue weighted by atomic mass is 9.59. The lowest BCUT2D eigenvalue weighted by Gasteiger charge is -2.49. The highest BCUT2D eigenvalue weighted by atomic mass is 35.5. The Balaban J connectivity index is 1.32. The van der Waals surface area contributed by atoms with Crippen molar-refractivity contribution < 1.29 is 13.6 Å². The van der Waals surface area contributed by atoms with E-state index in [2.05, 4.69) is 28.5 Å². The van der Waals surface area contributed by atoms with E-state index in [0.717, 1.165) is 11.1 Å². The minimum Gasteiger partial charge on any atom is -0.321 e. The molecule has 37 heavy (non-hydrogen) atoms. The number of aromatic nitrogens is 3. The predicted octanol–water partition coefficient (Wildman–Crippen LogP) is 5.57. The fourth-order valence-corrected chi connectivity index (χ4v) is 6.31. The number of hydrogen-bond acceptors (Lipinski definition) is 4. The zero-order valence-electron chi connectivity index (χ0n) is 21.0. The van der Waals surface area contributed by atoms with Gasteiger partial charge in [-0.2, -0.15) is 0 Å². The van der Waals surface area contributed by atoms with Crippen molar-refractivity contribution in [1.29, 1.82) is 0 Å². The number of hydrogen-bond donors (Lipinski definition) is 1. The molecule has 0 unspecified atom stereocenters. The van der Waals surface area contributed by atoms with E-state index in [9.17, 15) is 13.6 Å². The number of benzene rings is 2. The van der Waals surface area contributed by atoms with Crippen molar-refractivity contribution >= 4 is 23.2 Å². The highest BCUT2D eigenvalue weighted by Gasteiger charge is 2.58.